The fraction of sp³-hybridized carbons (Fsp3) is 0.143. The molecule has 100 valence electrons. The smallest absolute Gasteiger partial charge is 0.165 e. The van der Waals surface area contributed by atoms with E-state index in [1.54, 1.807) is 25.3 Å². The molecular formula is C14H12BrFO3. The first-order valence-corrected chi connectivity index (χ1v) is 6.27. The summed E-state index contributed by atoms with van der Waals surface area (Å²) in [6.07, 6.45) is 0. The molecule has 3 nitrogen and oxygen atoms in total. The van der Waals surface area contributed by atoms with Crippen LogP contribution in [0.3, 0.4) is 0 Å². The number of ether oxygens (including phenoxy) is 2. The molecule has 0 unspecified atom stereocenters. The van der Waals surface area contributed by atoms with Crippen molar-refractivity contribution in [3.63, 3.8) is 0 Å². The Hall–Kier alpha value is -1.75. The molecule has 2 rings (SSSR count). The molecule has 0 aliphatic carbocycles. The van der Waals surface area contributed by atoms with Crippen LogP contribution < -0.4 is 9.47 Å². The third kappa shape index (κ3) is 2.51. The fourth-order valence-corrected chi connectivity index (χ4v) is 2.47. The molecule has 0 saturated heterocycles. The Bertz CT molecular complexity index is 614. The van der Waals surface area contributed by atoms with Crippen molar-refractivity contribution >= 4 is 15.9 Å². The molecule has 19 heavy (non-hydrogen) atoms. The van der Waals surface area contributed by atoms with Gasteiger partial charge in [-0.25, -0.2) is 4.39 Å². The van der Waals surface area contributed by atoms with Gasteiger partial charge in [-0.2, -0.15) is 0 Å². The molecule has 0 atom stereocenters. The Morgan fingerprint density at radius 3 is 2.42 bits per heavy atom. The number of benzene rings is 2. The SMILES string of the molecule is COc1ccc(-c2ccc(O)c(F)c2)c(OC)c1Br. The van der Waals surface area contributed by atoms with Gasteiger partial charge in [0.15, 0.2) is 11.6 Å². The lowest BCUT2D eigenvalue weighted by Gasteiger charge is -2.13. The molecule has 0 radical (unpaired) electrons. The quantitative estimate of drug-likeness (QED) is 0.927. The van der Waals surface area contributed by atoms with Crippen LogP contribution in [0.4, 0.5) is 4.39 Å². The van der Waals surface area contributed by atoms with Crippen LogP contribution in [0.1, 0.15) is 0 Å². The lowest BCUT2D eigenvalue weighted by Crippen LogP contribution is -1.93. The van der Waals surface area contributed by atoms with E-state index in [1.165, 1.54) is 19.2 Å². The zero-order chi connectivity index (χ0) is 14.0. The van der Waals surface area contributed by atoms with Crippen molar-refractivity contribution in [2.75, 3.05) is 14.2 Å². The monoisotopic (exact) mass is 326 g/mol. The minimum absolute atomic E-state index is 0.379. The summed E-state index contributed by atoms with van der Waals surface area (Å²) in [4.78, 5) is 0. The highest BCUT2D eigenvalue weighted by molar-refractivity contribution is 9.10. The lowest BCUT2D eigenvalue weighted by atomic mass is 10.0. The van der Waals surface area contributed by atoms with E-state index in [9.17, 15) is 9.50 Å². The Balaban J connectivity index is 2.61. The number of aromatic hydroxyl groups is 1. The van der Waals surface area contributed by atoms with Gasteiger partial charge in [-0.1, -0.05) is 6.07 Å². The number of hydrogen-bond donors (Lipinski definition) is 1. The highest BCUT2D eigenvalue weighted by Crippen LogP contribution is 2.42. The average molecular weight is 327 g/mol. The van der Waals surface area contributed by atoms with Gasteiger partial charge in [0.2, 0.25) is 0 Å². The van der Waals surface area contributed by atoms with Gasteiger partial charge in [0, 0.05) is 5.56 Å². The van der Waals surface area contributed by atoms with Crippen LogP contribution in [0, 0.1) is 5.82 Å². The maximum Gasteiger partial charge on any atom is 0.165 e. The van der Waals surface area contributed by atoms with E-state index in [1.807, 2.05) is 0 Å². The van der Waals surface area contributed by atoms with Crippen molar-refractivity contribution in [3.05, 3.63) is 40.6 Å². The van der Waals surface area contributed by atoms with Crippen LogP contribution in [0.2, 0.25) is 0 Å². The molecule has 0 fully saturated rings. The Morgan fingerprint density at radius 1 is 1.11 bits per heavy atom. The standard InChI is InChI=1S/C14H12BrFO3/c1-18-12-6-4-9(14(19-2)13(12)15)8-3-5-11(17)10(16)7-8/h3-7,17H,1-2H3. The number of hydrogen-bond acceptors (Lipinski definition) is 3. The van der Waals surface area contributed by atoms with E-state index >= 15 is 0 Å². The van der Waals surface area contributed by atoms with Crippen molar-refractivity contribution in [2.45, 2.75) is 0 Å². The molecule has 0 saturated carbocycles. The van der Waals surface area contributed by atoms with Crippen LogP contribution in [-0.4, -0.2) is 19.3 Å². The van der Waals surface area contributed by atoms with Gasteiger partial charge in [0.05, 0.1) is 14.2 Å². The number of phenols is 1. The van der Waals surface area contributed by atoms with Gasteiger partial charge < -0.3 is 14.6 Å². The predicted molar refractivity (Wildman–Crippen MR) is 74.3 cm³/mol. The minimum Gasteiger partial charge on any atom is -0.505 e. The molecule has 0 aliphatic rings. The summed E-state index contributed by atoms with van der Waals surface area (Å²) >= 11 is 3.39. The summed E-state index contributed by atoms with van der Waals surface area (Å²) < 4.78 is 24.6. The Morgan fingerprint density at radius 2 is 1.84 bits per heavy atom. The minimum atomic E-state index is -0.675. The molecule has 0 aliphatic heterocycles. The van der Waals surface area contributed by atoms with E-state index in [0.29, 0.717) is 27.1 Å². The van der Waals surface area contributed by atoms with Crippen molar-refractivity contribution < 1.29 is 19.0 Å². The van der Waals surface area contributed by atoms with Gasteiger partial charge in [0.1, 0.15) is 16.0 Å². The summed E-state index contributed by atoms with van der Waals surface area (Å²) in [5.74, 6) is 0.117. The van der Waals surface area contributed by atoms with E-state index in [2.05, 4.69) is 15.9 Å². The second-order valence-electron chi connectivity index (χ2n) is 3.83. The first kappa shape index (κ1) is 13.7. The van der Waals surface area contributed by atoms with Crippen LogP contribution in [0.15, 0.2) is 34.8 Å². The fourth-order valence-electron chi connectivity index (χ4n) is 1.80. The molecule has 0 heterocycles. The van der Waals surface area contributed by atoms with Crippen molar-refractivity contribution in [1.29, 1.82) is 0 Å². The highest BCUT2D eigenvalue weighted by atomic mass is 79.9. The van der Waals surface area contributed by atoms with Crippen LogP contribution in [0.5, 0.6) is 17.2 Å². The van der Waals surface area contributed by atoms with E-state index < -0.39 is 5.82 Å². The number of phenolic OH excluding ortho intramolecular Hbond substituents is 1. The van der Waals surface area contributed by atoms with Gasteiger partial charge in [-0.15, -0.1) is 0 Å². The highest BCUT2D eigenvalue weighted by Gasteiger charge is 2.15. The molecule has 0 aromatic heterocycles. The third-order valence-electron chi connectivity index (χ3n) is 2.74. The predicted octanol–water partition coefficient (Wildman–Crippen LogP) is 3.98. The third-order valence-corrected chi connectivity index (χ3v) is 3.50. The van der Waals surface area contributed by atoms with Crippen LogP contribution in [0.25, 0.3) is 11.1 Å². The molecular weight excluding hydrogens is 315 g/mol. The Labute approximate surface area is 118 Å². The van der Waals surface area contributed by atoms with Gasteiger partial charge in [-0.05, 0) is 45.8 Å². The van der Waals surface area contributed by atoms with Gasteiger partial charge >= 0.3 is 0 Å². The van der Waals surface area contributed by atoms with E-state index in [-0.39, 0.29) is 5.75 Å². The average Bonchev–Trinajstić information content (AvgIpc) is 2.41. The van der Waals surface area contributed by atoms with E-state index in [4.69, 9.17) is 9.47 Å². The largest absolute Gasteiger partial charge is 0.505 e. The summed E-state index contributed by atoms with van der Waals surface area (Å²) in [6, 6.07) is 7.71. The molecule has 2 aromatic carbocycles. The maximum atomic E-state index is 13.4. The van der Waals surface area contributed by atoms with Crippen molar-refractivity contribution in [3.8, 4) is 28.4 Å². The first-order valence-electron chi connectivity index (χ1n) is 5.48. The lowest BCUT2D eigenvalue weighted by molar-refractivity contribution is 0.390. The summed E-state index contributed by atoms with van der Waals surface area (Å²) in [7, 11) is 3.08. The molecule has 0 spiro atoms. The molecule has 0 amide bonds. The van der Waals surface area contributed by atoms with Gasteiger partial charge in [-0.3, -0.25) is 0 Å². The molecule has 5 heteroatoms. The molecule has 1 N–H and O–H groups in total. The zero-order valence-electron chi connectivity index (χ0n) is 10.4. The number of rotatable bonds is 3. The van der Waals surface area contributed by atoms with Gasteiger partial charge in [0.25, 0.3) is 0 Å². The van der Waals surface area contributed by atoms with Crippen molar-refractivity contribution in [2.24, 2.45) is 0 Å². The van der Waals surface area contributed by atoms with E-state index in [0.717, 1.165) is 0 Å². The van der Waals surface area contributed by atoms with Crippen LogP contribution in [-0.2, 0) is 0 Å². The summed E-state index contributed by atoms with van der Waals surface area (Å²) in [5.41, 5.74) is 1.31. The van der Waals surface area contributed by atoms with Crippen molar-refractivity contribution in [1.82, 2.24) is 0 Å². The number of methoxy groups -OCH3 is 2. The number of halogens is 2. The molecule has 2 aromatic rings. The normalized spacial score (nSPS) is 10.3. The molecule has 0 bridgehead atoms. The second-order valence-corrected chi connectivity index (χ2v) is 4.62. The maximum absolute atomic E-state index is 13.4. The first-order chi connectivity index (χ1) is 9.08. The summed E-state index contributed by atoms with van der Waals surface area (Å²) in [6.45, 7) is 0. The zero-order valence-corrected chi connectivity index (χ0v) is 12.0. The topological polar surface area (TPSA) is 38.7 Å². The summed E-state index contributed by atoms with van der Waals surface area (Å²) in [5, 5.41) is 9.22. The second kappa shape index (κ2) is 5.48. The van der Waals surface area contributed by atoms with Crippen LogP contribution >= 0.6 is 15.9 Å². The Kier molecular flexibility index (Phi) is 3.95.